The second-order valence-electron chi connectivity index (χ2n) is 11.2. The second kappa shape index (κ2) is 10.4. The number of fused-ring (bicyclic) bond motifs is 2. The van der Waals surface area contributed by atoms with Crippen molar-refractivity contribution in [2.75, 3.05) is 26.2 Å². The Labute approximate surface area is 257 Å². The molecule has 6 heteroatoms. The Bertz CT molecular complexity index is 1750. The highest BCUT2D eigenvalue weighted by atomic mass is 16.5. The van der Waals surface area contributed by atoms with Crippen molar-refractivity contribution in [3.05, 3.63) is 161 Å². The lowest BCUT2D eigenvalue weighted by molar-refractivity contribution is -0.184. The fourth-order valence-electron chi connectivity index (χ4n) is 7.34. The van der Waals surface area contributed by atoms with E-state index in [2.05, 4.69) is 0 Å². The van der Waals surface area contributed by atoms with Crippen LogP contribution in [0.5, 0.6) is 11.5 Å². The van der Waals surface area contributed by atoms with Gasteiger partial charge in [0.1, 0.15) is 16.9 Å². The third-order valence-electron chi connectivity index (χ3n) is 9.25. The molecule has 7 rings (SSSR count). The molecule has 1 atom stereocenters. The summed E-state index contributed by atoms with van der Waals surface area (Å²) in [4.78, 5) is 34.2. The molecular weight excluding hydrogens is 548 g/mol. The summed E-state index contributed by atoms with van der Waals surface area (Å²) >= 11 is 0. The van der Waals surface area contributed by atoms with E-state index in [-0.39, 0.29) is 11.8 Å². The molecule has 2 heterocycles. The fraction of sp³-hybridized carbons (Fsp3) is 0.158. The van der Waals surface area contributed by atoms with Gasteiger partial charge < -0.3 is 19.3 Å². The van der Waals surface area contributed by atoms with Crippen molar-refractivity contribution in [2.24, 2.45) is 0 Å². The summed E-state index contributed by atoms with van der Waals surface area (Å²) in [6.45, 7) is 0. The summed E-state index contributed by atoms with van der Waals surface area (Å²) in [7, 11) is 5.02. The molecule has 2 aliphatic rings. The number of amides is 2. The molecule has 0 saturated carbocycles. The lowest BCUT2D eigenvalue weighted by atomic mass is 9.50. The normalized spacial score (nSPS) is 18.4. The number of para-hydroxylation sites is 1. The first kappa shape index (κ1) is 27.5. The molecule has 2 aliphatic heterocycles. The molecule has 218 valence electrons. The third-order valence-corrected chi connectivity index (χ3v) is 9.25. The fourth-order valence-corrected chi connectivity index (χ4v) is 7.34. The molecule has 6 nitrogen and oxygen atoms in total. The van der Waals surface area contributed by atoms with Gasteiger partial charge in [-0.15, -0.1) is 0 Å². The molecular formula is C38H32N2O4. The first-order chi connectivity index (χ1) is 21.5. The molecule has 1 unspecified atom stereocenters. The van der Waals surface area contributed by atoms with Gasteiger partial charge in [0.25, 0.3) is 5.91 Å². The molecule has 0 aliphatic carbocycles. The first-order valence-corrected chi connectivity index (χ1v) is 14.6. The Morgan fingerprint density at radius 2 is 1.02 bits per heavy atom. The summed E-state index contributed by atoms with van der Waals surface area (Å²) < 4.78 is 11.0. The summed E-state index contributed by atoms with van der Waals surface area (Å²) in [6, 6.07) is 42.2. The van der Waals surface area contributed by atoms with Crippen molar-refractivity contribution < 1.29 is 19.1 Å². The molecule has 0 aromatic heterocycles. The average molecular weight is 581 g/mol. The summed E-state index contributed by atoms with van der Waals surface area (Å²) in [6.07, 6.45) is 0. The topological polar surface area (TPSA) is 59.1 Å². The zero-order chi connectivity index (χ0) is 30.5. The van der Waals surface area contributed by atoms with Gasteiger partial charge in [0, 0.05) is 18.3 Å². The maximum Gasteiger partial charge on any atom is 0.259 e. The highest BCUT2D eigenvalue weighted by molar-refractivity contribution is 6.20. The summed E-state index contributed by atoms with van der Waals surface area (Å²) in [5.74, 6) is 1.00. The lowest BCUT2D eigenvalue weighted by Gasteiger charge is -2.65. The standard InChI is InChI=1S/C38H32N2O4/c1-39-33-17-11-10-16-32(33)38(36(39)42)37(28-18-22-30(43-2)23-19-28,29-20-24-31(44-3)25-21-29)35(41)40(38)34(26-12-6-4-7-13-26)27-14-8-5-9-15-27/h4-25,34H,1-3H3. The van der Waals surface area contributed by atoms with E-state index < -0.39 is 17.0 Å². The molecule has 0 N–H and O–H groups in total. The number of nitrogens with zero attached hydrogens (tertiary/aromatic N) is 2. The number of benzene rings is 5. The van der Waals surface area contributed by atoms with Crippen LogP contribution in [-0.4, -0.2) is 38.0 Å². The van der Waals surface area contributed by atoms with E-state index >= 15 is 9.59 Å². The third kappa shape index (κ3) is 3.54. The second-order valence-corrected chi connectivity index (χ2v) is 11.2. The van der Waals surface area contributed by atoms with Crippen molar-refractivity contribution in [1.29, 1.82) is 0 Å². The number of anilines is 1. The Morgan fingerprint density at radius 3 is 1.50 bits per heavy atom. The summed E-state index contributed by atoms with van der Waals surface area (Å²) in [5.41, 5.74) is 2.04. The highest BCUT2D eigenvalue weighted by Gasteiger charge is 2.81. The van der Waals surface area contributed by atoms with Crippen molar-refractivity contribution in [3.63, 3.8) is 0 Å². The Hall–Kier alpha value is -5.36. The predicted molar refractivity (Wildman–Crippen MR) is 170 cm³/mol. The van der Waals surface area contributed by atoms with Gasteiger partial charge in [0.15, 0.2) is 5.54 Å². The quantitative estimate of drug-likeness (QED) is 0.207. The number of carbonyl (C=O) groups is 2. The van der Waals surface area contributed by atoms with E-state index in [1.165, 1.54) is 0 Å². The molecule has 0 bridgehead atoms. The van der Waals surface area contributed by atoms with E-state index in [0.717, 1.165) is 22.4 Å². The van der Waals surface area contributed by atoms with E-state index in [9.17, 15) is 0 Å². The van der Waals surface area contributed by atoms with Crippen LogP contribution >= 0.6 is 0 Å². The molecule has 44 heavy (non-hydrogen) atoms. The zero-order valence-electron chi connectivity index (χ0n) is 24.8. The maximum atomic E-state index is 15.5. The minimum absolute atomic E-state index is 0.163. The van der Waals surface area contributed by atoms with Crippen LogP contribution in [0.15, 0.2) is 133 Å². The number of methoxy groups -OCH3 is 2. The molecule has 5 aromatic carbocycles. The number of likely N-dealkylation sites (tertiary alicyclic amines) is 1. The van der Waals surface area contributed by atoms with Crippen LogP contribution in [0.25, 0.3) is 0 Å². The van der Waals surface area contributed by atoms with E-state index in [4.69, 9.17) is 9.47 Å². The number of ether oxygens (including phenoxy) is 2. The van der Waals surface area contributed by atoms with E-state index in [1.807, 2.05) is 138 Å². The highest BCUT2D eigenvalue weighted by Crippen LogP contribution is 2.67. The number of hydrogen-bond donors (Lipinski definition) is 0. The Balaban J connectivity index is 1.60. The van der Waals surface area contributed by atoms with Crippen LogP contribution in [0.4, 0.5) is 5.69 Å². The van der Waals surface area contributed by atoms with Crippen LogP contribution in [0, 0.1) is 0 Å². The van der Waals surface area contributed by atoms with Gasteiger partial charge in [-0.2, -0.15) is 0 Å². The molecule has 1 spiro atoms. The van der Waals surface area contributed by atoms with Gasteiger partial charge in [-0.25, -0.2) is 0 Å². The minimum atomic E-state index is -1.41. The predicted octanol–water partition coefficient (Wildman–Crippen LogP) is 6.49. The maximum absolute atomic E-state index is 15.5. The van der Waals surface area contributed by atoms with Crippen LogP contribution in [-0.2, 0) is 20.5 Å². The van der Waals surface area contributed by atoms with Gasteiger partial charge in [-0.05, 0) is 52.6 Å². The SMILES string of the molecule is COc1ccc(C2(c3ccc(OC)cc3)C(=O)N(C(c3ccccc3)c3ccccc3)C23C(=O)N(C)c2ccccc23)cc1. The van der Waals surface area contributed by atoms with Gasteiger partial charge in [-0.3, -0.25) is 9.59 Å². The first-order valence-electron chi connectivity index (χ1n) is 14.6. The van der Waals surface area contributed by atoms with E-state index in [0.29, 0.717) is 22.6 Å². The van der Waals surface area contributed by atoms with E-state index in [1.54, 1.807) is 26.2 Å². The van der Waals surface area contributed by atoms with Crippen LogP contribution < -0.4 is 14.4 Å². The molecule has 1 saturated heterocycles. The van der Waals surface area contributed by atoms with Crippen molar-refractivity contribution in [3.8, 4) is 11.5 Å². The van der Waals surface area contributed by atoms with Gasteiger partial charge in [0.2, 0.25) is 5.91 Å². The number of hydrogen-bond acceptors (Lipinski definition) is 4. The molecule has 0 radical (unpaired) electrons. The zero-order valence-corrected chi connectivity index (χ0v) is 24.8. The average Bonchev–Trinajstić information content (AvgIpc) is 3.32. The number of β-lactam (4-membered cyclic amide) rings is 1. The molecule has 1 fully saturated rings. The number of likely N-dealkylation sites (N-methyl/N-ethyl adjacent to an activating group) is 1. The molecule has 2 amide bonds. The number of rotatable bonds is 7. The summed E-state index contributed by atoms with van der Waals surface area (Å²) in [5, 5.41) is 0. The van der Waals surface area contributed by atoms with Crippen molar-refractivity contribution >= 4 is 17.5 Å². The minimum Gasteiger partial charge on any atom is -0.497 e. The van der Waals surface area contributed by atoms with Gasteiger partial charge >= 0.3 is 0 Å². The van der Waals surface area contributed by atoms with Crippen LogP contribution in [0.2, 0.25) is 0 Å². The Morgan fingerprint density at radius 1 is 0.568 bits per heavy atom. The largest absolute Gasteiger partial charge is 0.497 e. The van der Waals surface area contributed by atoms with Crippen LogP contribution in [0.3, 0.4) is 0 Å². The smallest absolute Gasteiger partial charge is 0.259 e. The molecule has 5 aromatic rings. The monoisotopic (exact) mass is 580 g/mol. The Kier molecular flexibility index (Phi) is 6.51. The van der Waals surface area contributed by atoms with Crippen LogP contribution in [0.1, 0.15) is 33.9 Å². The lowest BCUT2D eigenvalue weighted by Crippen LogP contribution is -2.81. The van der Waals surface area contributed by atoms with Crippen molar-refractivity contribution in [1.82, 2.24) is 4.90 Å². The van der Waals surface area contributed by atoms with Gasteiger partial charge in [0.05, 0.1) is 20.3 Å². The number of carbonyl (C=O) groups excluding carboxylic acids is 2. The van der Waals surface area contributed by atoms with Crippen molar-refractivity contribution in [2.45, 2.75) is 17.0 Å². The van der Waals surface area contributed by atoms with Gasteiger partial charge in [-0.1, -0.05) is 103 Å².